The van der Waals surface area contributed by atoms with Crippen LogP contribution in [0.3, 0.4) is 0 Å². The number of hydrogen-bond acceptors (Lipinski definition) is 3. The van der Waals surface area contributed by atoms with Crippen molar-refractivity contribution in [3.8, 4) is 0 Å². The van der Waals surface area contributed by atoms with E-state index in [1.807, 2.05) is 25.2 Å². The van der Waals surface area contributed by atoms with Crippen molar-refractivity contribution in [2.75, 3.05) is 7.05 Å². The zero-order chi connectivity index (χ0) is 12.3. The zero-order valence-electron chi connectivity index (χ0n) is 9.19. The average Bonchev–Trinajstić information content (AvgIpc) is 2.36. The Morgan fingerprint density at radius 2 is 2.18 bits per heavy atom. The fraction of sp³-hybridized carbons (Fsp3) is 0.167. The van der Waals surface area contributed by atoms with E-state index < -0.39 is 0 Å². The van der Waals surface area contributed by atoms with E-state index in [-0.39, 0.29) is 6.04 Å². The molecule has 1 aromatic heterocycles. The molecule has 0 saturated carbocycles. The largest absolute Gasteiger partial charge is 0.308 e. The smallest absolute Gasteiger partial charge is 0.0801 e. The summed E-state index contributed by atoms with van der Waals surface area (Å²) in [5.41, 5.74) is 1.82. The monoisotopic (exact) mass is 311 g/mol. The second-order valence-corrected chi connectivity index (χ2v) is 4.84. The molecule has 0 fully saturated rings. The Labute approximate surface area is 113 Å². The molecule has 17 heavy (non-hydrogen) atoms. The minimum absolute atomic E-state index is 0.0614. The van der Waals surface area contributed by atoms with Crippen molar-refractivity contribution in [3.05, 3.63) is 57.5 Å². The lowest BCUT2D eigenvalue weighted by atomic mass is 10.0. The topological polar surface area (TPSA) is 37.8 Å². The molecule has 3 nitrogen and oxygen atoms in total. The third-order valence-corrected chi connectivity index (χ3v) is 3.27. The molecule has 2 rings (SSSR count). The Kier molecular flexibility index (Phi) is 4.10. The summed E-state index contributed by atoms with van der Waals surface area (Å²) >= 11 is 9.65. The molecule has 0 bridgehead atoms. The summed E-state index contributed by atoms with van der Waals surface area (Å²) < 4.78 is 0.987. The second kappa shape index (κ2) is 5.58. The molecule has 2 aromatic rings. The van der Waals surface area contributed by atoms with Crippen LogP contribution in [0.25, 0.3) is 0 Å². The van der Waals surface area contributed by atoms with Crippen molar-refractivity contribution < 1.29 is 0 Å². The maximum absolute atomic E-state index is 6.21. The molecule has 0 aliphatic heterocycles. The van der Waals surface area contributed by atoms with Gasteiger partial charge in [0, 0.05) is 21.9 Å². The second-order valence-electron chi connectivity index (χ2n) is 3.52. The highest BCUT2D eigenvalue weighted by Crippen LogP contribution is 2.29. The third kappa shape index (κ3) is 2.83. The van der Waals surface area contributed by atoms with Gasteiger partial charge in [0.15, 0.2) is 0 Å². The fourth-order valence-corrected chi connectivity index (χ4v) is 2.26. The van der Waals surface area contributed by atoms with Crippen LogP contribution in [-0.4, -0.2) is 17.0 Å². The summed E-state index contributed by atoms with van der Waals surface area (Å²) in [7, 11) is 1.87. The molecule has 88 valence electrons. The van der Waals surface area contributed by atoms with E-state index in [9.17, 15) is 0 Å². The van der Waals surface area contributed by atoms with Crippen LogP contribution in [0.15, 0.2) is 41.3 Å². The van der Waals surface area contributed by atoms with Crippen LogP contribution in [0.2, 0.25) is 5.02 Å². The number of benzene rings is 1. The number of nitrogens with one attached hydrogen (secondary N) is 1. The molecule has 1 N–H and O–H groups in total. The van der Waals surface area contributed by atoms with E-state index in [2.05, 4.69) is 31.2 Å². The van der Waals surface area contributed by atoms with Crippen molar-refractivity contribution in [2.24, 2.45) is 0 Å². The van der Waals surface area contributed by atoms with Gasteiger partial charge in [0.2, 0.25) is 0 Å². The lowest BCUT2D eigenvalue weighted by Crippen LogP contribution is -2.19. The van der Waals surface area contributed by atoms with Gasteiger partial charge in [0.1, 0.15) is 0 Å². The van der Waals surface area contributed by atoms with Crippen molar-refractivity contribution in [3.63, 3.8) is 0 Å². The van der Waals surface area contributed by atoms with Crippen molar-refractivity contribution in [2.45, 2.75) is 6.04 Å². The summed E-state index contributed by atoms with van der Waals surface area (Å²) in [5.74, 6) is 0. The van der Waals surface area contributed by atoms with E-state index in [0.717, 1.165) is 15.7 Å². The molecule has 0 aliphatic carbocycles. The Bertz CT molecular complexity index is 504. The minimum atomic E-state index is -0.0614. The van der Waals surface area contributed by atoms with E-state index in [0.29, 0.717) is 5.02 Å². The van der Waals surface area contributed by atoms with Gasteiger partial charge in [-0.15, -0.1) is 0 Å². The molecule has 5 heteroatoms. The van der Waals surface area contributed by atoms with Gasteiger partial charge in [-0.3, -0.25) is 9.97 Å². The molecular formula is C12H11BrClN3. The molecule has 0 spiro atoms. The number of halogens is 2. The molecule has 1 atom stereocenters. The molecule has 0 aliphatic rings. The lowest BCUT2D eigenvalue weighted by Gasteiger charge is -2.17. The van der Waals surface area contributed by atoms with E-state index in [1.165, 1.54) is 0 Å². The first-order valence-corrected chi connectivity index (χ1v) is 6.27. The number of rotatable bonds is 3. The van der Waals surface area contributed by atoms with Crippen LogP contribution in [0.4, 0.5) is 0 Å². The van der Waals surface area contributed by atoms with Gasteiger partial charge in [-0.1, -0.05) is 27.5 Å². The van der Waals surface area contributed by atoms with E-state index in [4.69, 9.17) is 11.6 Å². The zero-order valence-corrected chi connectivity index (χ0v) is 11.5. The maximum Gasteiger partial charge on any atom is 0.0801 e. The highest BCUT2D eigenvalue weighted by Gasteiger charge is 2.16. The summed E-state index contributed by atoms with van der Waals surface area (Å²) in [4.78, 5) is 8.37. The predicted octanol–water partition coefficient (Wildman–Crippen LogP) is 3.20. The Balaban J connectivity index is 2.46. The molecule has 1 aromatic carbocycles. The van der Waals surface area contributed by atoms with Gasteiger partial charge in [0.05, 0.1) is 17.9 Å². The average molecular weight is 313 g/mol. The highest BCUT2D eigenvalue weighted by molar-refractivity contribution is 9.10. The Hall–Kier alpha value is -0.970. The number of hydrogen-bond donors (Lipinski definition) is 1. The van der Waals surface area contributed by atoms with Crippen LogP contribution in [0, 0.1) is 0 Å². The van der Waals surface area contributed by atoms with Crippen molar-refractivity contribution in [1.29, 1.82) is 0 Å². The molecule has 0 amide bonds. The normalized spacial score (nSPS) is 12.4. The SMILES string of the molecule is CNC(c1cnccn1)c1cc(Br)ccc1Cl. The number of aromatic nitrogens is 2. The standard InChI is InChI=1S/C12H11BrClN3/c1-15-12(11-7-16-4-5-17-11)9-6-8(13)2-3-10(9)14/h2-7,12,15H,1H3. The Morgan fingerprint density at radius 1 is 1.35 bits per heavy atom. The third-order valence-electron chi connectivity index (χ3n) is 2.44. The summed E-state index contributed by atoms with van der Waals surface area (Å²) in [6.07, 6.45) is 5.06. The quantitative estimate of drug-likeness (QED) is 0.946. The summed E-state index contributed by atoms with van der Waals surface area (Å²) in [6, 6.07) is 5.70. The van der Waals surface area contributed by atoms with Gasteiger partial charge in [-0.05, 0) is 30.8 Å². The summed E-state index contributed by atoms with van der Waals surface area (Å²) in [6.45, 7) is 0. The van der Waals surface area contributed by atoms with Crippen LogP contribution < -0.4 is 5.32 Å². The van der Waals surface area contributed by atoms with Gasteiger partial charge >= 0.3 is 0 Å². The lowest BCUT2D eigenvalue weighted by molar-refractivity contribution is 0.666. The molecule has 1 unspecified atom stereocenters. The van der Waals surface area contributed by atoms with Gasteiger partial charge < -0.3 is 5.32 Å². The fourth-order valence-electron chi connectivity index (χ4n) is 1.66. The van der Waals surface area contributed by atoms with Crippen molar-refractivity contribution >= 4 is 27.5 Å². The molecular weight excluding hydrogens is 302 g/mol. The predicted molar refractivity (Wildman–Crippen MR) is 72.1 cm³/mol. The van der Waals surface area contributed by atoms with Crippen LogP contribution in [-0.2, 0) is 0 Å². The molecule has 0 saturated heterocycles. The van der Waals surface area contributed by atoms with Crippen LogP contribution in [0.5, 0.6) is 0 Å². The minimum Gasteiger partial charge on any atom is -0.308 e. The van der Waals surface area contributed by atoms with Gasteiger partial charge in [-0.2, -0.15) is 0 Å². The van der Waals surface area contributed by atoms with E-state index >= 15 is 0 Å². The Morgan fingerprint density at radius 3 is 2.82 bits per heavy atom. The van der Waals surface area contributed by atoms with Crippen molar-refractivity contribution in [1.82, 2.24) is 15.3 Å². The van der Waals surface area contributed by atoms with Gasteiger partial charge in [-0.25, -0.2) is 0 Å². The first kappa shape index (κ1) is 12.5. The maximum atomic E-state index is 6.21. The number of nitrogens with zero attached hydrogens (tertiary/aromatic N) is 2. The first-order valence-electron chi connectivity index (χ1n) is 5.10. The summed E-state index contributed by atoms with van der Waals surface area (Å²) in [5, 5.41) is 3.90. The molecule has 1 heterocycles. The van der Waals surface area contributed by atoms with Gasteiger partial charge in [0.25, 0.3) is 0 Å². The van der Waals surface area contributed by atoms with Crippen LogP contribution >= 0.6 is 27.5 Å². The highest BCUT2D eigenvalue weighted by atomic mass is 79.9. The van der Waals surface area contributed by atoms with E-state index in [1.54, 1.807) is 18.6 Å². The molecule has 0 radical (unpaired) electrons. The van der Waals surface area contributed by atoms with Crippen LogP contribution in [0.1, 0.15) is 17.3 Å². The first-order chi connectivity index (χ1) is 8.22.